The molecule has 1 saturated heterocycles. The van der Waals surface area contributed by atoms with Crippen molar-refractivity contribution >= 4 is 11.8 Å². The number of ether oxygens (including phenoxy) is 1. The van der Waals surface area contributed by atoms with Crippen LogP contribution in [0.4, 0.5) is 0 Å². The number of rotatable bonds is 2. The Labute approximate surface area is 102 Å². The second kappa shape index (κ2) is 5.11. The van der Waals surface area contributed by atoms with Gasteiger partial charge in [0.15, 0.2) is 0 Å². The molecule has 1 atom stereocenters. The zero-order valence-corrected chi connectivity index (χ0v) is 11.0. The minimum atomic E-state index is 0.503. The predicted molar refractivity (Wildman–Crippen MR) is 70.5 cm³/mol. The fourth-order valence-corrected chi connectivity index (χ4v) is 3.14. The van der Waals surface area contributed by atoms with Gasteiger partial charge < -0.3 is 10.1 Å². The summed E-state index contributed by atoms with van der Waals surface area (Å²) in [7, 11) is 1.73. The molecule has 2 nitrogen and oxygen atoms in total. The molecular weight excluding hydrogens is 218 g/mol. The zero-order chi connectivity index (χ0) is 11.5. The van der Waals surface area contributed by atoms with E-state index in [4.69, 9.17) is 4.74 Å². The SMILES string of the molecule is COc1ccc(C2CSCCN2)c(C)c1C. The van der Waals surface area contributed by atoms with Gasteiger partial charge in [-0.3, -0.25) is 0 Å². The third kappa shape index (κ3) is 2.20. The first-order valence-electron chi connectivity index (χ1n) is 5.69. The van der Waals surface area contributed by atoms with E-state index in [2.05, 4.69) is 31.3 Å². The lowest BCUT2D eigenvalue weighted by molar-refractivity contribution is 0.410. The van der Waals surface area contributed by atoms with Crippen LogP contribution in [0.15, 0.2) is 12.1 Å². The summed E-state index contributed by atoms with van der Waals surface area (Å²) < 4.78 is 5.34. The molecule has 1 unspecified atom stereocenters. The van der Waals surface area contributed by atoms with Gasteiger partial charge in [-0.2, -0.15) is 11.8 Å². The molecule has 0 aromatic heterocycles. The highest BCUT2D eigenvalue weighted by Crippen LogP contribution is 2.30. The van der Waals surface area contributed by atoms with Crippen LogP contribution in [0.5, 0.6) is 5.75 Å². The number of benzene rings is 1. The minimum Gasteiger partial charge on any atom is -0.496 e. The number of hydrogen-bond acceptors (Lipinski definition) is 3. The summed E-state index contributed by atoms with van der Waals surface area (Å²) in [6.45, 7) is 5.43. The molecule has 2 rings (SSSR count). The number of thioether (sulfide) groups is 1. The number of nitrogens with one attached hydrogen (secondary N) is 1. The highest BCUT2D eigenvalue weighted by atomic mass is 32.2. The summed E-state index contributed by atoms with van der Waals surface area (Å²) in [5, 5.41) is 3.58. The van der Waals surface area contributed by atoms with Crippen molar-refractivity contribution in [1.29, 1.82) is 0 Å². The summed E-state index contributed by atoms with van der Waals surface area (Å²) in [6, 6.07) is 4.78. The molecule has 0 radical (unpaired) electrons. The Morgan fingerprint density at radius 1 is 1.31 bits per heavy atom. The van der Waals surface area contributed by atoms with Gasteiger partial charge in [0.1, 0.15) is 5.75 Å². The van der Waals surface area contributed by atoms with E-state index in [0.717, 1.165) is 12.3 Å². The molecule has 1 aromatic carbocycles. The molecule has 1 fully saturated rings. The molecular formula is C13H19NOS. The maximum atomic E-state index is 5.34. The van der Waals surface area contributed by atoms with E-state index >= 15 is 0 Å². The monoisotopic (exact) mass is 237 g/mol. The van der Waals surface area contributed by atoms with Gasteiger partial charge in [-0.15, -0.1) is 0 Å². The molecule has 3 heteroatoms. The first-order valence-corrected chi connectivity index (χ1v) is 6.84. The Morgan fingerprint density at radius 3 is 2.75 bits per heavy atom. The van der Waals surface area contributed by atoms with E-state index < -0.39 is 0 Å². The fourth-order valence-electron chi connectivity index (χ4n) is 2.18. The van der Waals surface area contributed by atoms with E-state index in [1.165, 1.54) is 28.2 Å². The molecule has 0 bridgehead atoms. The molecule has 0 spiro atoms. The van der Waals surface area contributed by atoms with Gasteiger partial charge in [-0.25, -0.2) is 0 Å². The zero-order valence-electron chi connectivity index (χ0n) is 10.2. The summed E-state index contributed by atoms with van der Waals surface area (Å²) in [5.41, 5.74) is 4.04. The first kappa shape index (κ1) is 11.8. The van der Waals surface area contributed by atoms with Crippen LogP contribution in [-0.2, 0) is 0 Å². The summed E-state index contributed by atoms with van der Waals surface area (Å²) in [4.78, 5) is 0. The van der Waals surface area contributed by atoms with E-state index in [1.807, 2.05) is 11.8 Å². The molecule has 16 heavy (non-hydrogen) atoms. The third-order valence-electron chi connectivity index (χ3n) is 3.30. The fraction of sp³-hybridized carbons (Fsp3) is 0.538. The van der Waals surface area contributed by atoms with Crippen molar-refractivity contribution in [2.75, 3.05) is 25.2 Å². The van der Waals surface area contributed by atoms with Gasteiger partial charge in [0.05, 0.1) is 7.11 Å². The highest BCUT2D eigenvalue weighted by molar-refractivity contribution is 7.99. The van der Waals surface area contributed by atoms with Crippen LogP contribution in [0, 0.1) is 13.8 Å². The predicted octanol–water partition coefficient (Wildman–Crippen LogP) is 2.69. The van der Waals surface area contributed by atoms with Crippen LogP contribution in [0.3, 0.4) is 0 Å². The molecule has 1 N–H and O–H groups in total. The average Bonchev–Trinajstić information content (AvgIpc) is 2.34. The molecule has 1 aliphatic rings. The highest BCUT2D eigenvalue weighted by Gasteiger charge is 2.18. The average molecular weight is 237 g/mol. The Morgan fingerprint density at radius 2 is 2.12 bits per heavy atom. The summed E-state index contributed by atoms with van der Waals surface area (Å²) >= 11 is 2.03. The van der Waals surface area contributed by atoms with Crippen molar-refractivity contribution in [2.45, 2.75) is 19.9 Å². The van der Waals surface area contributed by atoms with Gasteiger partial charge in [0.2, 0.25) is 0 Å². The molecule has 0 saturated carbocycles. The van der Waals surface area contributed by atoms with Gasteiger partial charge in [0.25, 0.3) is 0 Å². The van der Waals surface area contributed by atoms with Crippen molar-refractivity contribution in [3.63, 3.8) is 0 Å². The maximum absolute atomic E-state index is 5.34. The molecule has 0 aliphatic carbocycles. The van der Waals surface area contributed by atoms with Gasteiger partial charge in [-0.1, -0.05) is 6.07 Å². The van der Waals surface area contributed by atoms with E-state index in [0.29, 0.717) is 6.04 Å². The standard InChI is InChI=1S/C13H19NOS/c1-9-10(2)13(15-3)5-4-11(9)12-8-16-7-6-14-12/h4-5,12,14H,6-8H2,1-3H3. The largest absolute Gasteiger partial charge is 0.496 e. The Balaban J connectivity index is 2.30. The second-order valence-corrected chi connectivity index (χ2v) is 5.34. The van der Waals surface area contributed by atoms with Crippen LogP contribution in [0.2, 0.25) is 0 Å². The maximum Gasteiger partial charge on any atom is 0.122 e. The first-order chi connectivity index (χ1) is 7.74. The van der Waals surface area contributed by atoms with Crippen molar-refractivity contribution in [3.05, 3.63) is 28.8 Å². The van der Waals surface area contributed by atoms with Crippen LogP contribution in [0.25, 0.3) is 0 Å². The Kier molecular flexibility index (Phi) is 3.77. The topological polar surface area (TPSA) is 21.3 Å². The lowest BCUT2D eigenvalue weighted by Gasteiger charge is -2.26. The van der Waals surface area contributed by atoms with Crippen LogP contribution >= 0.6 is 11.8 Å². The van der Waals surface area contributed by atoms with Crippen molar-refractivity contribution in [2.24, 2.45) is 0 Å². The van der Waals surface area contributed by atoms with E-state index in [-0.39, 0.29) is 0 Å². The Hall–Kier alpha value is -0.670. The molecule has 1 heterocycles. The van der Waals surface area contributed by atoms with Crippen molar-refractivity contribution in [3.8, 4) is 5.75 Å². The van der Waals surface area contributed by atoms with Crippen molar-refractivity contribution in [1.82, 2.24) is 5.32 Å². The van der Waals surface area contributed by atoms with Gasteiger partial charge in [-0.05, 0) is 36.6 Å². The lowest BCUT2D eigenvalue weighted by Crippen LogP contribution is -2.30. The van der Waals surface area contributed by atoms with Crippen LogP contribution in [-0.4, -0.2) is 25.2 Å². The lowest BCUT2D eigenvalue weighted by atomic mass is 9.97. The molecule has 88 valence electrons. The third-order valence-corrected chi connectivity index (χ3v) is 4.36. The van der Waals surface area contributed by atoms with Crippen LogP contribution < -0.4 is 10.1 Å². The van der Waals surface area contributed by atoms with Crippen molar-refractivity contribution < 1.29 is 4.74 Å². The molecule has 1 aliphatic heterocycles. The van der Waals surface area contributed by atoms with Crippen LogP contribution in [0.1, 0.15) is 22.7 Å². The van der Waals surface area contributed by atoms with E-state index in [1.54, 1.807) is 7.11 Å². The van der Waals surface area contributed by atoms with Gasteiger partial charge >= 0.3 is 0 Å². The van der Waals surface area contributed by atoms with E-state index in [9.17, 15) is 0 Å². The summed E-state index contributed by atoms with van der Waals surface area (Å²) in [5.74, 6) is 3.39. The normalized spacial score (nSPS) is 20.8. The second-order valence-electron chi connectivity index (χ2n) is 4.19. The minimum absolute atomic E-state index is 0.503. The Bertz CT molecular complexity index is 372. The molecule has 1 aromatic rings. The number of hydrogen-bond donors (Lipinski definition) is 1. The number of methoxy groups -OCH3 is 1. The molecule has 0 amide bonds. The summed E-state index contributed by atoms with van der Waals surface area (Å²) in [6.07, 6.45) is 0. The quantitative estimate of drug-likeness (QED) is 0.854. The smallest absolute Gasteiger partial charge is 0.122 e. The van der Waals surface area contributed by atoms with Gasteiger partial charge in [0, 0.05) is 24.1 Å².